The normalized spacial score (nSPS) is 28.2. The molecule has 1 saturated heterocycles. The lowest BCUT2D eigenvalue weighted by Crippen LogP contribution is -2.60. The molecule has 2 aromatic rings. The molecule has 6 rings (SSSR count). The molecule has 296 valence electrons. The lowest BCUT2D eigenvalue weighted by atomic mass is 9.83. The maximum Gasteiger partial charge on any atom is 0.408 e. The van der Waals surface area contributed by atoms with E-state index in [0.717, 1.165) is 24.6 Å². The number of aromatic nitrogens is 1. The number of methoxy groups -OCH3 is 1. The van der Waals surface area contributed by atoms with Crippen molar-refractivity contribution in [1.82, 2.24) is 25.8 Å². The van der Waals surface area contributed by atoms with Gasteiger partial charge < -0.3 is 44.9 Å². The number of aliphatic carboxylic acids is 1. The molecule has 55 heavy (non-hydrogen) atoms. The zero-order chi connectivity index (χ0) is 39.5. The first-order valence-electron chi connectivity index (χ1n) is 18.9. The maximum absolute atomic E-state index is 14.9. The Hall–Kier alpha value is -5.18. The molecule has 4 N–H and O–H groups in total. The van der Waals surface area contributed by atoms with Crippen molar-refractivity contribution < 1.29 is 48.0 Å². The van der Waals surface area contributed by atoms with Crippen molar-refractivity contribution in [2.24, 2.45) is 11.8 Å². The summed E-state index contributed by atoms with van der Waals surface area (Å²) in [5, 5.41) is 19.8. The van der Waals surface area contributed by atoms with E-state index in [-0.39, 0.29) is 44.4 Å². The highest BCUT2D eigenvalue weighted by Gasteiger charge is 2.61. The van der Waals surface area contributed by atoms with Crippen LogP contribution in [0.3, 0.4) is 0 Å². The largest absolute Gasteiger partial charge is 0.496 e. The first kappa shape index (κ1) is 39.5. The number of carbonyl (C=O) groups excluding carboxylic acids is 4. The summed E-state index contributed by atoms with van der Waals surface area (Å²) in [7, 11) is 1.56. The van der Waals surface area contributed by atoms with Crippen molar-refractivity contribution in [3.63, 3.8) is 0 Å². The zero-order valence-electron chi connectivity index (χ0n) is 31.8. The lowest BCUT2D eigenvalue weighted by molar-refractivity contribution is -0.146. The van der Waals surface area contributed by atoms with E-state index >= 15 is 0 Å². The highest BCUT2D eigenvalue weighted by molar-refractivity contribution is 5.97. The summed E-state index contributed by atoms with van der Waals surface area (Å²) in [5.74, 6) is -2.88. The molecule has 15 nitrogen and oxygen atoms in total. The molecule has 4 bridgehead atoms. The van der Waals surface area contributed by atoms with E-state index in [1.807, 2.05) is 18.2 Å². The minimum Gasteiger partial charge on any atom is -0.496 e. The quantitative estimate of drug-likeness (QED) is 0.300. The van der Waals surface area contributed by atoms with E-state index in [9.17, 15) is 29.1 Å². The second-order valence-electron chi connectivity index (χ2n) is 15.7. The highest BCUT2D eigenvalue weighted by Crippen LogP contribution is 2.45. The van der Waals surface area contributed by atoms with Gasteiger partial charge in [-0.1, -0.05) is 37.5 Å². The van der Waals surface area contributed by atoms with Crippen LogP contribution in [0.4, 0.5) is 4.79 Å². The Balaban J connectivity index is 1.40. The molecule has 3 heterocycles. The smallest absolute Gasteiger partial charge is 0.408 e. The van der Waals surface area contributed by atoms with Crippen LogP contribution in [0, 0.1) is 11.8 Å². The van der Waals surface area contributed by atoms with Gasteiger partial charge in [0.05, 0.1) is 26.9 Å². The fraction of sp³-hybridized carbons (Fsp3) is 0.550. The van der Waals surface area contributed by atoms with Crippen molar-refractivity contribution in [2.75, 3.05) is 26.9 Å². The molecule has 0 spiro atoms. The van der Waals surface area contributed by atoms with Crippen LogP contribution in [-0.4, -0.2) is 107 Å². The molecule has 0 radical (unpaired) electrons. The van der Waals surface area contributed by atoms with E-state index in [1.165, 1.54) is 11.0 Å². The van der Waals surface area contributed by atoms with Gasteiger partial charge in [0, 0.05) is 29.5 Å². The van der Waals surface area contributed by atoms with E-state index in [2.05, 4.69) is 27.5 Å². The van der Waals surface area contributed by atoms with Crippen LogP contribution in [0.1, 0.15) is 71.3 Å². The first-order chi connectivity index (χ1) is 26.2. The summed E-state index contributed by atoms with van der Waals surface area (Å²) in [6.07, 6.45) is 9.29. The topological polar surface area (TPSA) is 195 Å². The fourth-order valence-corrected chi connectivity index (χ4v) is 7.79. The van der Waals surface area contributed by atoms with Gasteiger partial charge in [0.15, 0.2) is 0 Å². The minimum atomic E-state index is -1.53. The molecule has 1 aromatic carbocycles. The third kappa shape index (κ3) is 8.87. The van der Waals surface area contributed by atoms with Gasteiger partial charge in [0.1, 0.15) is 41.1 Å². The molecule has 6 atom stereocenters. The lowest BCUT2D eigenvalue weighted by Gasteiger charge is -2.35. The number of hydrogen-bond acceptors (Lipinski definition) is 10. The Morgan fingerprint density at radius 2 is 1.93 bits per heavy atom. The summed E-state index contributed by atoms with van der Waals surface area (Å²) in [5.41, 5.74) is -1.69. The number of alkyl carbamates (subject to hydrolysis) is 1. The molecule has 2 saturated carbocycles. The van der Waals surface area contributed by atoms with Gasteiger partial charge >= 0.3 is 12.1 Å². The van der Waals surface area contributed by atoms with Gasteiger partial charge in [0.2, 0.25) is 23.6 Å². The van der Waals surface area contributed by atoms with Crippen LogP contribution < -0.4 is 25.4 Å². The predicted octanol–water partition coefficient (Wildman–Crippen LogP) is 3.74. The molecule has 2 aliphatic carbocycles. The Morgan fingerprint density at radius 3 is 2.60 bits per heavy atom. The Morgan fingerprint density at radius 1 is 1.16 bits per heavy atom. The molecule has 4 amide bonds. The molecule has 3 fully saturated rings. The van der Waals surface area contributed by atoms with Crippen molar-refractivity contribution in [1.29, 1.82) is 0 Å². The summed E-state index contributed by atoms with van der Waals surface area (Å²) >= 11 is 0. The number of carboxylic acid groups (broad SMARTS) is 1. The number of hydrogen-bond donors (Lipinski definition) is 4. The molecule has 1 aromatic heterocycles. The van der Waals surface area contributed by atoms with Crippen molar-refractivity contribution in [3.8, 4) is 11.6 Å². The van der Waals surface area contributed by atoms with Crippen LogP contribution in [-0.2, 0) is 28.7 Å². The van der Waals surface area contributed by atoms with Gasteiger partial charge in [-0.15, -0.1) is 6.58 Å². The average molecular weight is 762 g/mol. The molecular formula is C40H51N5O10. The maximum atomic E-state index is 14.9. The van der Waals surface area contributed by atoms with Crippen LogP contribution in [0.5, 0.6) is 11.6 Å². The number of ether oxygens (including phenoxy) is 4. The van der Waals surface area contributed by atoms with Crippen LogP contribution >= 0.6 is 0 Å². The Labute approximate surface area is 320 Å². The summed E-state index contributed by atoms with van der Waals surface area (Å²) in [4.78, 5) is 74.4. The second kappa shape index (κ2) is 16.3. The second-order valence-corrected chi connectivity index (χ2v) is 15.7. The number of nitrogens with one attached hydrogen (secondary N) is 3. The number of amides is 4. The van der Waals surface area contributed by atoms with Gasteiger partial charge in [0.25, 0.3) is 0 Å². The molecule has 0 unspecified atom stereocenters. The number of carbonyl (C=O) groups is 5. The van der Waals surface area contributed by atoms with Crippen molar-refractivity contribution in [3.05, 3.63) is 48.7 Å². The van der Waals surface area contributed by atoms with Gasteiger partial charge in [-0.2, -0.15) is 0 Å². The predicted molar refractivity (Wildman–Crippen MR) is 201 cm³/mol. The van der Waals surface area contributed by atoms with Crippen LogP contribution in [0.2, 0.25) is 0 Å². The third-order valence-corrected chi connectivity index (χ3v) is 10.7. The summed E-state index contributed by atoms with van der Waals surface area (Å²) < 4.78 is 23.5. The monoisotopic (exact) mass is 761 g/mol. The third-order valence-electron chi connectivity index (χ3n) is 10.7. The highest BCUT2D eigenvalue weighted by atomic mass is 16.6. The summed E-state index contributed by atoms with van der Waals surface area (Å²) in [6.45, 7) is 8.62. The van der Waals surface area contributed by atoms with E-state index < -0.39 is 71.1 Å². The molecule has 2 aliphatic heterocycles. The average Bonchev–Trinajstić information content (AvgIpc) is 3.71. The van der Waals surface area contributed by atoms with E-state index in [1.54, 1.807) is 46.2 Å². The number of fused-ring (bicyclic) bond motifs is 3. The van der Waals surface area contributed by atoms with Gasteiger partial charge in [-0.3, -0.25) is 14.4 Å². The minimum absolute atomic E-state index is 0.0367. The van der Waals surface area contributed by atoms with Crippen molar-refractivity contribution >= 4 is 46.6 Å². The number of rotatable bonds is 7. The summed E-state index contributed by atoms with van der Waals surface area (Å²) in [6, 6.07) is 2.10. The van der Waals surface area contributed by atoms with E-state index in [0.29, 0.717) is 29.5 Å². The van der Waals surface area contributed by atoms with Crippen molar-refractivity contribution in [2.45, 2.75) is 101 Å². The van der Waals surface area contributed by atoms with Crippen LogP contribution in [0.15, 0.2) is 43.1 Å². The Kier molecular flexibility index (Phi) is 11.7. The molecule has 15 heteroatoms. The fourth-order valence-electron chi connectivity index (χ4n) is 7.79. The first-order valence-corrected chi connectivity index (χ1v) is 18.9. The van der Waals surface area contributed by atoms with Gasteiger partial charge in [-0.05, 0) is 69.5 Å². The molecular weight excluding hydrogens is 710 g/mol. The Bertz CT molecular complexity index is 1850. The standard InChI is InChI=1S/C40H51N5O10/c1-6-26-20-40(26,37(49)50)44-34(47)30-19-27-21-45(30)36(48)32(23-11-8-7-9-12-23)43-33(46)29(42-38(51)55-39(2,3)4)22-53-16-10-13-25-17-28-24(18-31(25)52-5)14-15-41-35(28)54-27/h6,10,13-15,17-18,23,26-27,29-30,32H,1,7-9,11-12,16,19-22H2,2-5H3,(H,42,51)(H,43,46)(H,44,47)(H,49,50)/b13-10+/t26-,27-,29+,30+,32+,40-/m1/s1. The van der Waals surface area contributed by atoms with Gasteiger partial charge in [-0.25, -0.2) is 14.6 Å². The zero-order valence-corrected chi connectivity index (χ0v) is 31.8. The number of nitrogens with zero attached hydrogens (tertiary/aromatic N) is 2. The van der Waals surface area contributed by atoms with Crippen LogP contribution in [0.25, 0.3) is 16.8 Å². The number of carboxylic acids is 1. The molecule has 4 aliphatic rings. The van der Waals surface area contributed by atoms with E-state index in [4.69, 9.17) is 18.9 Å². The SMILES string of the molecule is C=C[C@@H]1C[C@]1(NC(=O)[C@@H]1C[C@@H]2CN1C(=O)[C@H](C1CCCCC1)NC(=O)[C@@H](NC(=O)OC(C)(C)C)COC/C=C/c1cc3c(nccc3cc1OC)O2)C(=O)O. The number of pyridine rings is 1. The number of benzene rings is 1.